The highest BCUT2D eigenvalue weighted by atomic mass is 35.5. The third-order valence-corrected chi connectivity index (χ3v) is 8.95. The number of hydrogen-bond acceptors (Lipinski definition) is 7. The number of carbonyl (C=O) groups excluding carboxylic acids is 1. The quantitative estimate of drug-likeness (QED) is 0.495. The van der Waals surface area contributed by atoms with E-state index in [4.69, 9.17) is 28.0 Å². The molecule has 1 atom stereocenters. The molecule has 2 aliphatic heterocycles. The van der Waals surface area contributed by atoms with Crippen LogP contribution in [-0.2, 0) is 20.3 Å². The zero-order chi connectivity index (χ0) is 25.2. The van der Waals surface area contributed by atoms with Crippen molar-refractivity contribution in [1.29, 1.82) is 0 Å². The van der Waals surface area contributed by atoms with Crippen LogP contribution in [0.4, 0.5) is 13.2 Å². The molecule has 1 aromatic carbocycles. The first-order valence-corrected chi connectivity index (χ1v) is 13.5. The van der Waals surface area contributed by atoms with E-state index in [-0.39, 0.29) is 44.1 Å². The summed E-state index contributed by atoms with van der Waals surface area (Å²) in [7, 11) is -3.13. The largest absolute Gasteiger partial charge is 0.435 e. The summed E-state index contributed by atoms with van der Waals surface area (Å²) in [5.41, 5.74) is -2.83. The van der Waals surface area contributed by atoms with Gasteiger partial charge in [-0.2, -0.15) is 13.2 Å². The van der Waals surface area contributed by atoms with E-state index in [2.05, 4.69) is 15.5 Å². The van der Waals surface area contributed by atoms with E-state index in [0.717, 1.165) is 12.1 Å². The molecule has 7 nitrogen and oxygen atoms in total. The lowest BCUT2D eigenvalue weighted by atomic mass is 9.87. The minimum absolute atomic E-state index is 0.0153. The number of carbonyl (C=O) groups is 1. The number of halogens is 5. The Morgan fingerprint density at radius 3 is 2.51 bits per heavy atom. The number of thiophene rings is 1. The van der Waals surface area contributed by atoms with Crippen molar-refractivity contribution in [3.63, 3.8) is 0 Å². The molecule has 2 aromatic heterocycles. The van der Waals surface area contributed by atoms with E-state index in [1.165, 1.54) is 23.6 Å². The fourth-order valence-electron chi connectivity index (χ4n) is 4.08. The lowest BCUT2D eigenvalue weighted by Gasteiger charge is -2.29. The molecule has 14 heteroatoms. The molecule has 1 N–H and O–H groups in total. The zero-order valence-electron chi connectivity index (χ0n) is 17.4. The lowest BCUT2D eigenvalue weighted by Crippen LogP contribution is -2.52. The van der Waals surface area contributed by atoms with Gasteiger partial charge in [-0.15, -0.1) is 11.3 Å². The molecule has 184 valence electrons. The number of pyridine rings is 1. The molecular formula is C21H14Cl2F3N3O4S2. The van der Waals surface area contributed by atoms with Crippen LogP contribution >= 0.6 is 34.5 Å². The highest BCUT2D eigenvalue weighted by molar-refractivity contribution is 7.92. The van der Waals surface area contributed by atoms with Crippen molar-refractivity contribution in [1.82, 2.24) is 10.3 Å². The number of hydrogen-bond donors (Lipinski definition) is 1. The number of alkyl halides is 3. The molecule has 3 aromatic rings. The van der Waals surface area contributed by atoms with Gasteiger partial charge in [0.15, 0.2) is 9.84 Å². The molecular weight excluding hydrogens is 550 g/mol. The topological polar surface area (TPSA) is 97.7 Å². The molecule has 0 bridgehead atoms. The normalized spacial score (nSPS) is 21.9. The highest BCUT2D eigenvalue weighted by Gasteiger charge is 2.62. The number of aromatic nitrogens is 1. The van der Waals surface area contributed by atoms with Gasteiger partial charge in [-0.3, -0.25) is 9.78 Å². The van der Waals surface area contributed by atoms with E-state index in [9.17, 15) is 26.4 Å². The molecule has 35 heavy (non-hydrogen) atoms. The van der Waals surface area contributed by atoms with E-state index in [1.54, 1.807) is 11.4 Å². The van der Waals surface area contributed by atoms with E-state index in [0.29, 0.717) is 10.1 Å². The zero-order valence-corrected chi connectivity index (χ0v) is 20.5. The third kappa shape index (κ3) is 4.26. The summed E-state index contributed by atoms with van der Waals surface area (Å²) < 4.78 is 66.1. The molecule has 5 rings (SSSR count). The first-order valence-electron chi connectivity index (χ1n) is 10.0. The van der Waals surface area contributed by atoms with Crippen molar-refractivity contribution in [2.75, 3.05) is 11.5 Å². The number of fused-ring (bicyclic) bond motifs is 1. The van der Waals surface area contributed by atoms with Crippen LogP contribution in [0.2, 0.25) is 10.0 Å². The summed E-state index contributed by atoms with van der Waals surface area (Å²) in [5.74, 6) is -0.800. The van der Waals surface area contributed by atoms with Gasteiger partial charge in [-0.1, -0.05) is 28.4 Å². The van der Waals surface area contributed by atoms with Crippen LogP contribution < -0.4 is 5.32 Å². The number of amides is 1. The lowest BCUT2D eigenvalue weighted by molar-refractivity contribution is -0.275. The second-order valence-electron chi connectivity index (χ2n) is 8.22. The SMILES string of the molecule is O=C(NC1CS(=O)(=O)C1)c1cnc(C2=NOC(c3cc(Cl)cc(Cl)c3)(C(F)(F)F)C2)c2sccc12. The maximum Gasteiger partial charge on any atom is 0.435 e. The predicted molar refractivity (Wildman–Crippen MR) is 126 cm³/mol. The number of rotatable bonds is 4. The van der Waals surface area contributed by atoms with Gasteiger partial charge in [-0.25, -0.2) is 8.42 Å². The van der Waals surface area contributed by atoms with Crippen molar-refractivity contribution in [3.8, 4) is 0 Å². The van der Waals surface area contributed by atoms with Gasteiger partial charge in [0.05, 0.1) is 34.2 Å². The van der Waals surface area contributed by atoms with Gasteiger partial charge < -0.3 is 10.2 Å². The number of sulfone groups is 1. The van der Waals surface area contributed by atoms with Crippen LogP contribution in [0, 0.1) is 0 Å². The predicted octanol–water partition coefficient (Wildman–Crippen LogP) is 4.71. The van der Waals surface area contributed by atoms with Crippen LogP contribution in [0.3, 0.4) is 0 Å². The maximum absolute atomic E-state index is 14.3. The minimum atomic E-state index is -4.86. The van der Waals surface area contributed by atoms with Crippen LogP contribution in [0.15, 0.2) is 41.0 Å². The number of nitrogens with one attached hydrogen (secondary N) is 1. The third-order valence-electron chi connectivity index (χ3n) is 5.77. The summed E-state index contributed by atoms with van der Waals surface area (Å²) in [6, 6.07) is 4.71. The molecule has 0 spiro atoms. The van der Waals surface area contributed by atoms with Gasteiger partial charge in [0, 0.05) is 27.2 Å². The van der Waals surface area contributed by atoms with Crippen LogP contribution in [0.1, 0.15) is 28.0 Å². The standard InChI is InChI=1S/C21H14Cl2F3N3O4S2/c22-11-3-10(4-12(23)5-11)20(21(24,25)26)6-16(29-33-20)17-18-14(1-2-34-18)15(7-27-17)19(30)28-13-8-35(31,32)9-13/h1-5,7,13H,6,8-9H2,(H,28,30). The Morgan fingerprint density at radius 2 is 1.89 bits per heavy atom. The monoisotopic (exact) mass is 563 g/mol. The van der Waals surface area contributed by atoms with Crippen LogP contribution in [0.5, 0.6) is 0 Å². The van der Waals surface area contributed by atoms with Gasteiger partial charge in [0.1, 0.15) is 11.4 Å². The van der Waals surface area contributed by atoms with Crippen LogP contribution in [-0.4, -0.2) is 48.7 Å². The Morgan fingerprint density at radius 1 is 1.20 bits per heavy atom. The van der Waals surface area contributed by atoms with Crippen molar-refractivity contribution in [3.05, 3.63) is 62.7 Å². The second kappa shape index (κ2) is 8.32. The first-order chi connectivity index (χ1) is 16.4. The Labute approximate surface area is 210 Å². The average Bonchev–Trinajstić information content (AvgIpc) is 3.39. The summed E-state index contributed by atoms with van der Waals surface area (Å²) in [6.07, 6.45) is -4.30. The fourth-order valence-corrected chi connectivity index (χ4v) is 6.83. The van der Waals surface area contributed by atoms with E-state index >= 15 is 0 Å². The van der Waals surface area contributed by atoms with Crippen molar-refractivity contribution < 1.29 is 31.2 Å². The van der Waals surface area contributed by atoms with Crippen molar-refractivity contribution in [2.45, 2.75) is 24.2 Å². The molecule has 2 aliphatic rings. The van der Waals surface area contributed by atoms with Gasteiger partial charge >= 0.3 is 6.18 Å². The molecule has 0 saturated carbocycles. The molecule has 0 radical (unpaired) electrons. The Hall–Kier alpha value is -2.41. The summed E-state index contributed by atoms with van der Waals surface area (Å²) in [5, 5.41) is 8.54. The molecule has 0 aliphatic carbocycles. The Bertz CT molecular complexity index is 1470. The molecule has 1 fully saturated rings. The number of nitrogens with zero attached hydrogens (tertiary/aromatic N) is 2. The molecule has 1 amide bonds. The number of benzene rings is 1. The molecule has 4 heterocycles. The maximum atomic E-state index is 14.3. The smallest absolute Gasteiger partial charge is 0.374 e. The Balaban J connectivity index is 1.48. The second-order valence-corrected chi connectivity index (χ2v) is 12.2. The van der Waals surface area contributed by atoms with Gasteiger partial charge in [0.2, 0.25) is 0 Å². The minimum Gasteiger partial charge on any atom is -0.374 e. The van der Waals surface area contributed by atoms with Crippen LogP contribution in [0.25, 0.3) is 10.1 Å². The molecule has 1 unspecified atom stereocenters. The molecule has 1 saturated heterocycles. The van der Waals surface area contributed by atoms with Crippen molar-refractivity contribution >= 4 is 66.1 Å². The van der Waals surface area contributed by atoms with E-state index < -0.39 is 40.0 Å². The van der Waals surface area contributed by atoms with Gasteiger partial charge in [-0.05, 0) is 29.6 Å². The number of oxime groups is 1. The fraction of sp³-hybridized carbons (Fsp3) is 0.286. The van der Waals surface area contributed by atoms with Gasteiger partial charge in [0.25, 0.3) is 11.5 Å². The summed E-state index contributed by atoms with van der Waals surface area (Å²) in [4.78, 5) is 22.0. The van der Waals surface area contributed by atoms with E-state index in [1.807, 2.05) is 0 Å². The average molecular weight is 564 g/mol. The Kier molecular flexibility index (Phi) is 5.78. The summed E-state index contributed by atoms with van der Waals surface area (Å²) >= 11 is 13.1. The van der Waals surface area contributed by atoms with Crippen molar-refractivity contribution in [2.24, 2.45) is 5.16 Å². The summed E-state index contributed by atoms with van der Waals surface area (Å²) in [6.45, 7) is 0. The first kappa shape index (κ1) is 24.3. The highest BCUT2D eigenvalue weighted by Crippen LogP contribution is 2.50.